The fraction of sp³-hybridized carbons (Fsp3) is 0.423. The molecule has 0 unspecified atom stereocenters. The first-order valence-electron chi connectivity index (χ1n) is 12.0. The number of amides is 1. The van der Waals surface area contributed by atoms with Crippen LogP contribution in [0.25, 0.3) is 21.7 Å². The number of imidazole rings is 1. The van der Waals surface area contributed by atoms with Crippen LogP contribution in [0.5, 0.6) is 0 Å². The number of rotatable bonds is 11. The zero-order chi connectivity index (χ0) is 25.9. The minimum Gasteiger partial charge on any atom is -0.440 e. The number of hydrogen-bond acceptors (Lipinski definition) is 8. The van der Waals surface area contributed by atoms with E-state index >= 15 is 0 Å². The fourth-order valence-corrected chi connectivity index (χ4v) is 4.76. The van der Waals surface area contributed by atoms with Crippen LogP contribution in [-0.4, -0.2) is 63.2 Å². The smallest absolute Gasteiger partial charge is 0.268 e. The summed E-state index contributed by atoms with van der Waals surface area (Å²) in [6, 6.07) is 9.68. The molecule has 1 aromatic carbocycles. The van der Waals surface area contributed by atoms with Crippen LogP contribution >= 0.6 is 11.3 Å². The van der Waals surface area contributed by atoms with E-state index in [1.54, 1.807) is 33.0 Å². The minimum absolute atomic E-state index is 0.266. The molecule has 0 aliphatic heterocycles. The molecule has 36 heavy (non-hydrogen) atoms. The third-order valence-electron chi connectivity index (χ3n) is 5.56. The summed E-state index contributed by atoms with van der Waals surface area (Å²) in [4.78, 5) is 25.5. The Labute approximate surface area is 215 Å². The molecule has 0 aliphatic rings. The molecule has 4 rings (SSSR count). The summed E-state index contributed by atoms with van der Waals surface area (Å²) in [6.45, 7) is 8.26. The third-order valence-corrected chi connectivity index (χ3v) is 6.66. The van der Waals surface area contributed by atoms with Crippen molar-refractivity contribution in [3.63, 3.8) is 0 Å². The normalized spacial score (nSPS) is 12.1. The number of thiophene rings is 1. The summed E-state index contributed by atoms with van der Waals surface area (Å²) < 4.78 is 7.43. The number of carbonyl (C=O) groups excluding carboxylic acids is 1. The maximum absolute atomic E-state index is 13.1. The molecule has 0 saturated heterocycles. The second kappa shape index (κ2) is 10.9. The van der Waals surface area contributed by atoms with Gasteiger partial charge >= 0.3 is 0 Å². The molecule has 0 aliphatic carbocycles. The largest absolute Gasteiger partial charge is 0.440 e. The number of aromatic nitrogens is 3. The van der Waals surface area contributed by atoms with Crippen LogP contribution in [0.4, 0.5) is 5.95 Å². The highest BCUT2D eigenvalue weighted by atomic mass is 32.1. The van der Waals surface area contributed by atoms with Crippen LogP contribution in [0, 0.1) is 6.92 Å². The highest BCUT2D eigenvalue weighted by Crippen LogP contribution is 2.30. The third kappa shape index (κ3) is 6.58. The Bertz CT molecular complexity index is 1330. The van der Waals surface area contributed by atoms with Crippen molar-refractivity contribution in [3.05, 3.63) is 52.9 Å². The number of aliphatic hydroxyl groups is 1. The molecule has 3 aromatic heterocycles. The van der Waals surface area contributed by atoms with Crippen molar-refractivity contribution in [3.8, 4) is 10.6 Å². The number of nitrogens with one attached hydrogen (secondary N) is 2. The second-order valence-corrected chi connectivity index (χ2v) is 10.9. The highest BCUT2D eigenvalue weighted by molar-refractivity contribution is 7.17. The Hall–Kier alpha value is -3.05. The van der Waals surface area contributed by atoms with Crippen molar-refractivity contribution in [1.29, 1.82) is 0 Å². The van der Waals surface area contributed by atoms with Crippen molar-refractivity contribution in [2.24, 2.45) is 0 Å². The van der Waals surface area contributed by atoms with Crippen LogP contribution in [0.3, 0.4) is 0 Å². The first-order chi connectivity index (χ1) is 17.1. The van der Waals surface area contributed by atoms with Crippen LogP contribution in [0.15, 0.2) is 40.9 Å². The molecule has 0 fully saturated rings. The molecule has 0 atom stereocenters. The summed E-state index contributed by atoms with van der Waals surface area (Å²) in [7, 11) is 4.14. The number of nitrogens with zero attached hydrogens (tertiary/aromatic N) is 4. The Morgan fingerprint density at radius 2 is 2.06 bits per heavy atom. The number of fused-ring (bicyclic) bond motifs is 1. The van der Waals surface area contributed by atoms with E-state index in [1.165, 1.54) is 11.3 Å². The quantitative estimate of drug-likeness (QED) is 0.260. The van der Waals surface area contributed by atoms with Gasteiger partial charge in [0.05, 0.1) is 39.1 Å². The molecule has 192 valence electrons. The molecular formula is C26H34N6O3S. The maximum atomic E-state index is 13.1. The summed E-state index contributed by atoms with van der Waals surface area (Å²) in [5, 5.41) is 16.9. The average Bonchev–Trinajstić information content (AvgIpc) is 3.52. The lowest BCUT2D eigenvalue weighted by atomic mass is 10.1. The van der Waals surface area contributed by atoms with E-state index in [9.17, 15) is 9.90 Å². The van der Waals surface area contributed by atoms with Gasteiger partial charge in [-0.15, -0.1) is 11.3 Å². The van der Waals surface area contributed by atoms with Gasteiger partial charge in [-0.1, -0.05) is 6.07 Å². The molecule has 10 heteroatoms. The van der Waals surface area contributed by atoms with Gasteiger partial charge in [-0.2, -0.15) is 0 Å². The standard InChI is InChI=1S/C26H34N6O3S/c1-17-28-15-21(35-17)22-9-10-23(36-22)24(33)30-25-29-19-13-18(14-27-11-6-12-31(4)5)7-8-20(19)32(25)16-26(2,3)34/h7-10,13,15,27,34H,6,11-12,14,16H2,1-5H3,(H,29,30,33). The molecule has 1 amide bonds. The Kier molecular flexibility index (Phi) is 7.89. The zero-order valence-corrected chi connectivity index (χ0v) is 22.3. The molecule has 3 N–H and O–H groups in total. The molecule has 9 nitrogen and oxygen atoms in total. The number of benzene rings is 1. The van der Waals surface area contributed by atoms with Gasteiger partial charge in [0, 0.05) is 13.5 Å². The van der Waals surface area contributed by atoms with Crippen LogP contribution in [-0.2, 0) is 13.1 Å². The lowest BCUT2D eigenvalue weighted by molar-refractivity contribution is 0.0630. The predicted octanol–water partition coefficient (Wildman–Crippen LogP) is 4.13. The summed E-state index contributed by atoms with van der Waals surface area (Å²) >= 11 is 1.33. The Morgan fingerprint density at radius 1 is 1.25 bits per heavy atom. The second-order valence-electron chi connectivity index (χ2n) is 9.85. The summed E-state index contributed by atoms with van der Waals surface area (Å²) in [5.74, 6) is 1.35. The summed E-state index contributed by atoms with van der Waals surface area (Å²) in [5.41, 5.74) is 1.75. The fourth-order valence-electron chi connectivity index (χ4n) is 3.91. The topological polar surface area (TPSA) is 108 Å². The van der Waals surface area contributed by atoms with Gasteiger partial charge in [0.2, 0.25) is 5.95 Å². The highest BCUT2D eigenvalue weighted by Gasteiger charge is 2.22. The van der Waals surface area contributed by atoms with E-state index in [0.717, 1.165) is 47.5 Å². The molecule has 4 aromatic rings. The Balaban J connectivity index is 1.53. The number of carbonyl (C=O) groups is 1. The van der Waals surface area contributed by atoms with Gasteiger partial charge < -0.3 is 24.3 Å². The predicted molar refractivity (Wildman–Crippen MR) is 143 cm³/mol. The van der Waals surface area contributed by atoms with Crippen molar-refractivity contribution in [2.45, 2.75) is 45.9 Å². The van der Waals surface area contributed by atoms with E-state index in [0.29, 0.717) is 22.5 Å². The number of aryl methyl sites for hydroxylation is 1. The monoisotopic (exact) mass is 510 g/mol. The first-order valence-corrected chi connectivity index (χ1v) is 12.8. The van der Waals surface area contributed by atoms with Gasteiger partial charge in [-0.25, -0.2) is 9.97 Å². The SMILES string of the molecule is Cc1ncc(-c2ccc(C(=O)Nc3nc4cc(CNCCCN(C)C)ccc4n3CC(C)(C)O)s2)o1. The van der Waals surface area contributed by atoms with Crippen molar-refractivity contribution < 1.29 is 14.3 Å². The van der Waals surface area contributed by atoms with E-state index in [-0.39, 0.29) is 12.5 Å². The number of oxazole rings is 1. The first kappa shape index (κ1) is 26.0. The van der Waals surface area contributed by atoms with Gasteiger partial charge in [-0.05, 0) is 77.3 Å². The lowest BCUT2D eigenvalue weighted by Gasteiger charge is -2.20. The lowest BCUT2D eigenvalue weighted by Crippen LogP contribution is -2.27. The maximum Gasteiger partial charge on any atom is 0.268 e. The zero-order valence-electron chi connectivity index (χ0n) is 21.5. The average molecular weight is 511 g/mol. The van der Waals surface area contributed by atoms with Crippen LogP contribution < -0.4 is 10.6 Å². The van der Waals surface area contributed by atoms with Crippen molar-refractivity contribution >= 4 is 34.2 Å². The van der Waals surface area contributed by atoms with Crippen molar-refractivity contribution in [2.75, 3.05) is 32.5 Å². The van der Waals surface area contributed by atoms with Crippen molar-refractivity contribution in [1.82, 2.24) is 24.8 Å². The Morgan fingerprint density at radius 3 is 2.75 bits per heavy atom. The van der Waals surface area contributed by atoms with Gasteiger partial charge in [0.1, 0.15) is 0 Å². The van der Waals surface area contributed by atoms with Gasteiger partial charge in [-0.3, -0.25) is 10.1 Å². The molecule has 0 radical (unpaired) electrons. The minimum atomic E-state index is -0.986. The van der Waals surface area contributed by atoms with Gasteiger partial charge in [0.25, 0.3) is 5.91 Å². The molecule has 0 saturated carbocycles. The van der Waals surface area contributed by atoms with E-state index in [1.807, 2.05) is 22.8 Å². The molecule has 3 heterocycles. The van der Waals surface area contributed by atoms with E-state index < -0.39 is 5.60 Å². The van der Waals surface area contributed by atoms with Crippen LogP contribution in [0.1, 0.15) is 41.4 Å². The molecular weight excluding hydrogens is 476 g/mol. The van der Waals surface area contributed by atoms with Gasteiger partial charge in [0.15, 0.2) is 11.7 Å². The van der Waals surface area contributed by atoms with E-state index in [4.69, 9.17) is 9.40 Å². The molecule has 0 spiro atoms. The summed E-state index contributed by atoms with van der Waals surface area (Å²) in [6.07, 6.45) is 2.73. The van der Waals surface area contributed by atoms with Crippen LogP contribution in [0.2, 0.25) is 0 Å². The molecule has 0 bridgehead atoms. The van der Waals surface area contributed by atoms with E-state index in [2.05, 4.69) is 40.7 Å². The number of hydrogen-bond donors (Lipinski definition) is 3. The number of anilines is 1.